The summed E-state index contributed by atoms with van der Waals surface area (Å²) in [7, 11) is 0. The molecular formula is C27H29Cl2FN4O3. The second-order valence-corrected chi connectivity index (χ2v) is 9.46. The third-order valence-electron chi connectivity index (χ3n) is 6.13. The minimum absolute atomic E-state index is 0.0212. The van der Waals surface area contributed by atoms with Crippen LogP contribution >= 0.6 is 23.2 Å². The predicted octanol–water partition coefficient (Wildman–Crippen LogP) is 4.85. The van der Waals surface area contributed by atoms with Gasteiger partial charge in [-0.1, -0.05) is 35.3 Å². The Morgan fingerprint density at radius 3 is 2.78 bits per heavy atom. The highest BCUT2D eigenvalue weighted by Gasteiger charge is 2.14. The number of halogens is 3. The van der Waals surface area contributed by atoms with Gasteiger partial charge in [-0.15, -0.1) is 0 Å². The molecule has 0 bridgehead atoms. The van der Waals surface area contributed by atoms with Gasteiger partial charge in [-0.25, -0.2) is 9.37 Å². The van der Waals surface area contributed by atoms with Gasteiger partial charge in [0.05, 0.1) is 24.8 Å². The number of hydrogen-bond acceptors (Lipinski definition) is 6. The first-order valence-electron chi connectivity index (χ1n) is 12.1. The molecule has 2 heterocycles. The number of nitrogen functional groups attached to an aromatic ring is 1. The average Bonchev–Trinajstić information content (AvgIpc) is 2.92. The third kappa shape index (κ3) is 7.32. The first-order valence-corrected chi connectivity index (χ1v) is 12.9. The van der Waals surface area contributed by atoms with Crippen molar-refractivity contribution in [2.45, 2.75) is 12.8 Å². The van der Waals surface area contributed by atoms with Crippen LogP contribution in [-0.2, 0) is 11.2 Å². The molecule has 0 unspecified atom stereocenters. The van der Waals surface area contributed by atoms with Crippen molar-refractivity contribution in [2.24, 2.45) is 0 Å². The maximum Gasteiger partial charge on any atom is 0.251 e. The number of nitrogens with zero attached hydrogens (tertiary/aromatic N) is 2. The quantitative estimate of drug-likeness (QED) is 0.279. The highest BCUT2D eigenvalue weighted by Crippen LogP contribution is 2.30. The van der Waals surface area contributed by atoms with Gasteiger partial charge in [-0.2, -0.15) is 0 Å². The van der Waals surface area contributed by atoms with Crippen LogP contribution in [0.4, 0.5) is 10.2 Å². The molecular weight excluding hydrogens is 518 g/mol. The molecule has 0 saturated carbocycles. The summed E-state index contributed by atoms with van der Waals surface area (Å²) >= 11 is 12.2. The lowest BCUT2D eigenvalue weighted by Crippen LogP contribution is -2.38. The van der Waals surface area contributed by atoms with E-state index in [2.05, 4.69) is 15.2 Å². The van der Waals surface area contributed by atoms with Crippen LogP contribution in [-0.4, -0.2) is 61.8 Å². The topological polar surface area (TPSA) is 89.7 Å². The number of hydrogen-bond donors (Lipinski definition) is 2. The monoisotopic (exact) mass is 546 g/mol. The van der Waals surface area contributed by atoms with Crippen molar-refractivity contribution in [3.63, 3.8) is 0 Å². The van der Waals surface area contributed by atoms with E-state index in [-0.39, 0.29) is 23.4 Å². The molecule has 0 aliphatic carbocycles. The van der Waals surface area contributed by atoms with Crippen LogP contribution in [0.5, 0.6) is 5.75 Å². The molecule has 3 aromatic rings. The number of nitrogens with one attached hydrogen (secondary N) is 1. The zero-order valence-corrected chi connectivity index (χ0v) is 21.8. The normalized spacial score (nSPS) is 13.9. The van der Waals surface area contributed by atoms with Gasteiger partial charge in [0, 0.05) is 48.4 Å². The summed E-state index contributed by atoms with van der Waals surface area (Å²) in [6, 6.07) is 11.7. The van der Waals surface area contributed by atoms with Gasteiger partial charge in [0.25, 0.3) is 5.91 Å². The van der Waals surface area contributed by atoms with Gasteiger partial charge in [0.15, 0.2) is 11.6 Å². The van der Waals surface area contributed by atoms with E-state index in [0.29, 0.717) is 34.9 Å². The Kier molecular flexibility index (Phi) is 9.57. The smallest absolute Gasteiger partial charge is 0.251 e. The van der Waals surface area contributed by atoms with Crippen LogP contribution < -0.4 is 15.8 Å². The van der Waals surface area contributed by atoms with Crippen LogP contribution in [0.3, 0.4) is 0 Å². The minimum atomic E-state index is -0.537. The molecule has 196 valence electrons. The molecule has 4 rings (SSSR count). The van der Waals surface area contributed by atoms with Crippen LogP contribution in [0.2, 0.25) is 10.0 Å². The molecule has 1 aromatic heterocycles. The SMILES string of the molecule is Nc1ncc(-c2cccc(C(=O)NCCCN3CCOCC3)c2)cc1OCCc1c(Cl)ccc(F)c1Cl. The number of anilines is 1. The number of benzene rings is 2. The summed E-state index contributed by atoms with van der Waals surface area (Å²) in [5.74, 6) is -0.0775. The molecule has 10 heteroatoms. The van der Waals surface area contributed by atoms with E-state index in [1.54, 1.807) is 24.4 Å². The molecule has 0 spiro atoms. The molecule has 1 aliphatic rings. The van der Waals surface area contributed by atoms with Crippen molar-refractivity contribution < 1.29 is 18.7 Å². The van der Waals surface area contributed by atoms with Crippen molar-refractivity contribution in [3.05, 3.63) is 75.7 Å². The summed E-state index contributed by atoms with van der Waals surface area (Å²) < 4.78 is 25.0. The van der Waals surface area contributed by atoms with Gasteiger partial charge >= 0.3 is 0 Å². The van der Waals surface area contributed by atoms with E-state index >= 15 is 0 Å². The van der Waals surface area contributed by atoms with Crippen molar-refractivity contribution in [1.29, 1.82) is 0 Å². The number of rotatable bonds is 10. The maximum absolute atomic E-state index is 13.8. The van der Waals surface area contributed by atoms with E-state index < -0.39 is 5.82 Å². The molecule has 1 aliphatic heterocycles. The highest BCUT2D eigenvalue weighted by molar-refractivity contribution is 6.36. The van der Waals surface area contributed by atoms with Gasteiger partial charge < -0.3 is 20.5 Å². The Bertz CT molecular complexity index is 1240. The molecule has 2 aromatic carbocycles. The summed E-state index contributed by atoms with van der Waals surface area (Å²) in [6.07, 6.45) is 2.79. The van der Waals surface area contributed by atoms with Crippen molar-refractivity contribution in [1.82, 2.24) is 15.2 Å². The lowest BCUT2D eigenvalue weighted by Gasteiger charge is -2.26. The molecule has 0 radical (unpaired) electrons. The predicted molar refractivity (Wildman–Crippen MR) is 144 cm³/mol. The Balaban J connectivity index is 1.35. The van der Waals surface area contributed by atoms with Crippen LogP contribution in [0, 0.1) is 5.82 Å². The fourth-order valence-corrected chi connectivity index (χ4v) is 4.62. The zero-order chi connectivity index (χ0) is 26.2. The number of nitrogens with two attached hydrogens (primary N) is 1. The van der Waals surface area contributed by atoms with Crippen molar-refractivity contribution in [2.75, 3.05) is 51.7 Å². The van der Waals surface area contributed by atoms with Gasteiger partial charge in [0.1, 0.15) is 5.82 Å². The van der Waals surface area contributed by atoms with Crippen molar-refractivity contribution >= 4 is 34.9 Å². The van der Waals surface area contributed by atoms with Crippen LogP contribution in [0.15, 0.2) is 48.7 Å². The van der Waals surface area contributed by atoms with E-state index in [1.807, 2.05) is 12.1 Å². The van der Waals surface area contributed by atoms with E-state index in [4.69, 9.17) is 38.4 Å². The Morgan fingerprint density at radius 1 is 1.16 bits per heavy atom. The molecule has 37 heavy (non-hydrogen) atoms. The molecule has 1 fully saturated rings. The standard InChI is InChI=1S/C27H29Cl2FN4O3/c28-22-5-6-23(30)25(29)21(22)7-12-37-24-16-20(17-33-26(24)31)18-3-1-4-19(15-18)27(35)32-8-2-9-34-10-13-36-14-11-34/h1,3-6,15-17H,2,7-14H2,(H2,31,33)(H,32,35). The average molecular weight is 547 g/mol. The van der Waals surface area contributed by atoms with Crippen LogP contribution in [0.1, 0.15) is 22.3 Å². The van der Waals surface area contributed by atoms with Crippen LogP contribution in [0.25, 0.3) is 11.1 Å². The molecule has 1 saturated heterocycles. The lowest BCUT2D eigenvalue weighted by atomic mass is 10.0. The number of pyridine rings is 1. The number of morpholine rings is 1. The third-order valence-corrected chi connectivity index (χ3v) is 6.89. The first kappa shape index (κ1) is 27.1. The number of ether oxygens (including phenoxy) is 2. The van der Waals surface area contributed by atoms with Gasteiger partial charge in [0.2, 0.25) is 0 Å². The number of aromatic nitrogens is 1. The summed E-state index contributed by atoms with van der Waals surface area (Å²) in [5, 5.41) is 3.33. The summed E-state index contributed by atoms with van der Waals surface area (Å²) in [6.45, 7) is 5.10. The summed E-state index contributed by atoms with van der Waals surface area (Å²) in [4.78, 5) is 19.3. The lowest BCUT2D eigenvalue weighted by molar-refractivity contribution is 0.0374. The second-order valence-electron chi connectivity index (χ2n) is 8.67. The number of carbonyl (C=O) groups is 1. The first-order chi connectivity index (χ1) is 17.9. The van der Waals surface area contributed by atoms with E-state index in [9.17, 15) is 9.18 Å². The number of carbonyl (C=O) groups excluding carboxylic acids is 1. The van der Waals surface area contributed by atoms with Crippen molar-refractivity contribution in [3.8, 4) is 16.9 Å². The Morgan fingerprint density at radius 2 is 1.97 bits per heavy atom. The van der Waals surface area contributed by atoms with Gasteiger partial charge in [-0.3, -0.25) is 9.69 Å². The largest absolute Gasteiger partial charge is 0.489 e. The second kappa shape index (κ2) is 13.1. The minimum Gasteiger partial charge on any atom is -0.489 e. The Hall–Kier alpha value is -2.91. The molecule has 0 atom stereocenters. The van der Waals surface area contributed by atoms with Gasteiger partial charge in [-0.05, 0) is 54.4 Å². The molecule has 3 N–H and O–H groups in total. The fraction of sp³-hybridized carbons (Fsp3) is 0.333. The summed E-state index contributed by atoms with van der Waals surface area (Å²) in [5.41, 5.74) is 8.57. The Labute approximate surface area is 225 Å². The van der Waals surface area contributed by atoms with E-state index in [0.717, 1.165) is 50.4 Å². The maximum atomic E-state index is 13.8. The highest BCUT2D eigenvalue weighted by atomic mass is 35.5. The molecule has 7 nitrogen and oxygen atoms in total. The zero-order valence-electron chi connectivity index (χ0n) is 20.3. The molecule has 1 amide bonds. The number of amides is 1. The fourth-order valence-electron chi connectivity index (χ4n) is 4.06. The van der Waals surface area contributed by atoms with E-state index in [1.165, 1.54) is 12.1 Å².